The normalized spacial score (nSPS) is 13.6. The van der Waals surface area contributed by atoms with Gasteiger partial charge in [-0.1, -0.05) is 45.4 Å². The van der Waals surface area contributed by atoms with Gasteiger partial charge < -0.3 is 20.2 Å². The number of rotatable bonds is 13. The number of aliphatic hydroxyl groups excluding tert-OH is 2. The number of unbranched alkanes of at least 4 members (excludes halogenated alkanes) is 5. The molecule has 0 aliphatic rings. The molecular weight excluding hydrogens is 286 g/mol. The highest BCUT2D eigenvalue weighted by atomic mass is 16.4. The topological polar surface area (TPSA) is 98.1 Å². The van der Waals surface area contributed by atoms with E-state index < -0.39 is 17.3 Å². The molecule has 0 radical (unpaired) electrons. The largest absolute Gasteiger partial charge is 0.480 e. The predicted octanol–water partition coefficient (Wildman–Crippen LogP) is 1.64. The zero-order chi connectivity index (χ0) is 17.0. The molecule has 0 saturated heterocycles. The third-order valence-electron chi connectivity index (χ3n) is 4.00. The van der Waals surface area contributed by atoms with Gasteiger partial charge in [0.25, 0.3) is 0 Å². The van der Waals surface area contributed by atoms with Gasteiger partial charge >= 0.3 is 5.97 Å². The van der Waals surface area contributed by atoms with Crippen LogP contribution in [0.1, 0.15) is 58.8 Å². The number of aliphatic carboxylic acids is 1. The SMILES string of the molecule is CCCCCCCCC(C)(C(=O)O)C(=O)N(CCO)CCO. The second-order valence-corrected chi connectivity index (χ2v) is 5.89. The molecule has 130 valence electrons. The van der Waals surface area contributed by atoms with Crippen LogP contribution < -0.4 is 0 Å². The van der Waals surface area contributed by atoms with Crippen LogP contribution in [0.5, 0.6) is 0 Å². The Bertz CT molecular complexity index is 328. The van der Waals surface area contributed by atoms with Crippen LogP contribution in [0.25, 0.3) is 0 Å². The second kappa shape index (κ2) is 11.4. The fourth-order valence-electron chi connectivity index (χ4n) is 2.47. The van der Waals surface area contributed by atoms with E-state index in [-0.39, 0.29) is 32.7 Å². The van der Waals surface area contributed by atoms with Crippen molar-refractivity contribution >= 4 is 11.9 Å². The zero-order valence-electron chi connectivity index (χ0n) is 13.9. The van der Waals surface area contributed by atoms with Crippen LogP contribution in [0.2, 0.25) is 0 Å². The summed E-state index contributed by atoms with van der Waals surface area (Å²) < 4.78 is 0. The number of aliphatic hydroxyl groups is 2. The lowest BCUT2D eigenvalue weighted by atomic mass is 9.83. The lowest BCUT2D eigenvalue weighted by Gasteiger charge is -2.31. The summed E-state index contributed by atoms with van der Waals surface area (Å²) >= 11 is 0. The molecule has 0 heterocycles. The van der Waals surface area contributed by atoms with Crippen LogP contribution in [-0.4, -0.2) is 58.4 Å². The Morgan fingerprint density at radius 3 is 1.91 bits per heavy atom. The van der Waals surface area contributed by atoms with Crippen LogP contribution in [0.3, 0.4) is 0 Å². The Morgan fingerprint density at radius 2 is 1.45 bits per heavy atom. The van der Waals surface area contributed by atoms with E-state index >= 15 is 0 Å². The van der Waals surface area contributed by atoms with Gasteiger partial charge in [0.1, 0.15) is 5.41 Å². The molecule has 0 aliphatic heterocycles. The molecule has 1 atom stereocenters. The molecule has 6 heteroatoms. The van der Waals surface area contributed by atoms with Gasteiger partial charge in [-0.3, -0.25) is 9.59 Å². The molecule has 1 unspecified atom stereocenters. The van der Waals surface area contributed by atoms with E-state index in [9.17, 15) is 14.7 Å². The Balaban J connectivity index is 4.63. The molecule has 0 rings (SSSR count). The van der Waals surface area contributed by atoms with E-state index in [0.29, 0.717) is 6.42 Å². The molecule has 0 fully saturated rings. The first-order chi connectivity index (χ1) is 10.4. The Hall–Kier alpha value is -1.14. The maximum atomic E-state index is 12.5. The van der Waals surface area contributed by atoms with Crippen molar-refractivity contribution in [2.45, 2.75) is 58.8 Å². The van der Waals surface area contributed by atoms with Crippen molar-refractivity contribution in [1.29, 1.82) is 0 Å². The maximum Gasteiger partial charge on any atom is 0.318 e. The fourth-order valence-corrected chi connectivity index (χ4v) is 2.47. The summed E-state index contributed by atoms with van der Waals surface area (Å²) in [6.45, 7) is 3.15. The van der Waals surface area contributed by atoms with Crippen molar-refractivity contribution in [2.24, 2.45) is 5.41 Å². The molecule has 0 bridgehead atoms. The summed E-state index contributed by atoms with van der Waals surface area (Å²) in [5, 5.41) is 27.4. The molecule has 3 N–H and O–H groups in total. The first-order valence-corrected chi connectivity index (χ1v) is 8.18. The van der Waals surface area contributed by atoms with E-state index in [1.54, 1.807) is 0 Å². The molecule has 0 aromatic carbocycles. The number of carbonyl (C=O) groups is 2. The van der Waals surface area contributed by atoms with Gasteiger partial charge in [0.05, 0.1) is 13.2 Å². The quantitative estimate of drug-likeness (QED) is 0.354. The van der Waals surface area contributed by atoms with Gasteiger partial charge in [-0.05, 0) is 13.3 Å². The molecule has 22 heavy (non-hydrogen) atoms. The van der Waals surface area contributed by atoms with Gasteiger partial charge in [-0.2, -0.15) is 0 Å². The number of carboxylic acids is 1. The molecule has 0 aromatic rings. The van der Waals surface area contributed by atoms with Crippen molar-refractivity contribution in [3.8, 4) is 0 Å². The third-order valence-corrected chi connectivity index (χ3v) is 4.00. The van der Waals surface area contributed by atoms with E-state index in [2.05, 4.69) is 6.92 Å². The number of hydrogen-bond acceptors (Lipinski definition) is 4. The van der Waals surface area contributed by atoms with Gasteiger partial charge in [0.15, 0.2) is 0 Å². The van der Waals surface area contributed by atoms with Crippen molar-refractivity contribution in [3.05, 3.63) is 0 Å². The molecular formula is C16H31NO5. The minimum atomic E-state index is -1.49. The Labute approximate surface area is 133 Å². The number of carboxylic acid groups (broad SMARTS) is 1. The summed E-state index contributed by atoms with van der Waals surface area (Å²) in [6.07, 6.45) is 6.39. The van der Waals surface area contributed by atoms with Crippen LogP contribution in [0.4, 0.5) is 0 Å². The Morgan fingerprint density at radius 1 is 0.955 bits per heavy atom. The van der Waals surface area contributed by atoms with E-state index in [1.165, 1.54) is 18.2 Å². The average Bonchev–Trinajstić information content (AvgIpc) is 2.49. The summed E-state index contributed by atoms with van der Waals surface area (Å²) in [5.74, 6) is -1.68. The molecule has 6 nitrogen and oxygen atoms in total. The first-order valence-electron chi connectivity index (χ1n) is 8.18. The highest BCUT2D eigenvalue weighted by Gasteiger charge is 2.43. The summed E-state index contributed by atoms with van der Waals surface area (Å²) in [4.78, 5) is 25.3. The smallest absolute Gasteiger partial charge is 0.318 e. The lowest BCUT2D eigenvalue weighted by molar-refractivity contribution is -0.160. The van der Waals surface area contributed by atoms with E-state index in [0.717, 1.165) is 25.7 Å². The van der Waals surface area contributed by atoms with Crippen molar-refractivity contribution in [2.75, 3.05) is 26.3 Å². The minimum Gasteiger partial charge on any atom is -0.480 e. The van der Waals surface area contributed by atoms with E-state index in [1.807, 2.05) is 0 Å². The summed E-state index contributed by atoms with van der Waals surface area (Å²) in [6, 6.07) is 0. The Kier molecular flexibility index (Phi) is 10.8. The summed E-state index contributed by atoms with van der Waals surface area (Å²) in [7, 11) is 0. The monoisotopic (exact) mass is 317 g/mol. The van der Waals surface area contributed by atoms with E-state index in [4.69, 9.17) is 10.2 Å². The maximum absolute atomic E-state index is 12.5. The number of hydrogen-bond donors (Lipinski definition) is 3. The fraction of sp³-hybridized carbons (Fsp3) is 0.875. The molecule has 0 spiro atoms. The average molecular weight is 317 g/mol. The molecule has 0 aliphatic carbocycles. The highest BCUT2D eigenvalue weighted by Crippen LogP contribution is 2.28. The van der Waals surface area contributed by atoms with Gasteiger partial charge in [0.2, 0.25) is 5.91 Å². The van der Waals surface area contributed by atoms with Crippen LogP contribution >= 0.6 is 0 Å². The number of carbonyl (C=O) groups excluding carboxylic acids is 1. The standard InChI is InChI=1S/C16H31NO5/c1-3-4-5-6-7-8-9-16(2,15(21)22)14(20)17(10-12-18)11-13-19/h18-19H,3-13H2,1-2H3,(H,21,22). The minimum absolute atomic E-state index is 0.0404. The van der Waals surface area contributed by atoms with Gasteiger partial charge in [-0.25, -0.2) is 0 Å². The highest BCUT2D eigenvalue weighted by molar-refractivity contribution is 6.01. The van der Waals surface area contributed by atoms with Crippen molar-refractivity contribution in [3.63, 3.8) is 0 Å². The molecule has 1 amide bonds. The van der Waals surface area contributed by atoms with Crippen molar-refractivity contribution < 1.29 is 24.9 Å². The molecule has 0 aromatic heterocycles. The first kappa shape index (κ1) is 20.9. The van der Waals surface area contributed by atoms with Gasteiger partial charge in [0, 0.05) is 13.1 Å². The number of nitrogens with zero attached hydrogens (tertiary/aromatic N) is 1. The molecule has 0 saturated carbocycles. The van der Waals surface area contributed by atoms with Crippen molar-refractivity contribution in [1.82, 2.24) is 4.90 Å². The van der Waals surface area contributed by atoms with Gasteiger partial charge in [-0.15, -0.1) is 0 Å². The van der Waals surface area contributed by atoms with Crippen LogP contribution in [0.15, 0.2) is 0 Å². The van der Waals surface area contributed by atoms with Crippen LogP contribution in [0, 0.1) is 5.41 Å². The second-order valence-electron chi connectivity index (χ2n) is 5.89. The summed E-state index contributed by atoms with van der Waals surface area (Å²) in [5.41, 5.74) is -1.49. The number of amides is 1. The third kappa shape index (κ3) is 6.75. The predicted molar refractivity (Wildman–Crippen MR) is 84.5 cm³/mol. The zero-order valence-corrected chi connectivity index (χ0v) is 13.9. The van der Waals surface area contributed by atoms with Crippen LogP contribution in [-0.2, 0) is 9.59 Å². The lowest BCUT2D eigenvalue weighted by Crippen LogP contribution is -2.48.